The molecule has 1 aliphatic heterocycles. The Morgan fingerprint density at radius 2 is 1.68 bits per heavy atom. The standard InChI is InChI=1S/C31H37N3/c1-22-23(2)34(20-24-13-15-27(16-14-24)31(3,4)5)29-28(22)17-18-32-30(29)33-19-9-12-26(21-33)25-10-7-6-8-11-25/h6-8,10-11,13-18,26H,9,12,19-21H2,1-5H3. The van der Waals surface area contributed by atoms with Crippen LogP contribution in [0.4, 0.5) is 5.82 Å². The summed E-state index contributed by atoms with van der Waals surface area (Å²) in [4.78, 5) is 7.50. The number of aryl methyl sites for hydroxylation is 1. The number of anilines is 1. The van der Waals surface area contributed by atoms with Gasteiger partial charge in [0.15, 0.2) is 5.82 Å². The summed E-state index contributed by atoms with van der Waals surface area (Å²) in [7, 11) is 0. The molecule has 1 saturated heterocycles. The van der Waals surface area contributed by atoms with Crippen LogP contribution in [0, 0.1) is 13.8 Å². The lowest BCUT2D eigenvalue weighted by atomic mass is 9.87. The molecule has 3 heterocycles. The molecule has 176 valence electrons. The largest absolute Gasteiger partial charge is 0.354 e. The van der Waals surface area contributed by atoms with Crippen molar-refractivity contribution < 1.29 is 0 Å². The van der Waals surface area contributed by atoms with Crippen LogP contribution < -0.4 is 4.90 Å². The van der Waals surface area contributed by atoms with E-state index in [0.717, 1.165) is 25.5 Å². The van der Waals surface area contributed by atoms with Crippen molar-refractivity contribution in [2.45, 2.75) is 65.3 Å². The number of rotatable bonds is 4. The monoisotopic (exact) mass is 451 g/mol. The minimum atomic E-state index is 0.172. The molecule has 0 N–H and O–H groups in total. The van der Waals surface area contributed by atoms with Crippen LogP contribution in [0.1, 0.15) is 67.5 Å². The molecule has 3 heteroatoms. The van der Waals surface area contributed by atoms with E-state index < -0.39 is 0 Å². The van der Waals surface area contributed by atoms with Gasteiger partial charge in [0, 0.05) is 42.8 Å². The van der Waals surface area contributed by atoms with Crippen molar-refractivity contribution in [1.29, 1.82) is 0 Å². The van der Waals surface area contributed by atoms with Gasteiger partial charge >= 0.3 is 0 Å². The number of hydrogen-bond donors (Lipinski definition) is 0. The van der Waals surface area contributed by atoms with E-state index in [4.69, 9.17) is 4.98 Å². The molecule has 1 fully saturated rings. The normalized spacial score (nSPS) is 16.9. The molecule has 1 unspecified atom stereocenters. The van der Waals surface area contributed by atoms with Gasteiger partial charge in [0.25, 0.3) is 0 Å². The Kier molecular flexibility index (Phi) is 5.97. The highest BCUT2D eigenvalue weighted by molar-refractivity contribution is 5.93. The fourth-order valence-electron chi connectivity index (χ4n) is 5.47. The van der Waals surface area contributed by atoms with Crippen LogP contribution in [0.3, 0.4) is 0 Å². The van der Waals surface area contributed by atoms with E-state index in [2.05, 4.69) is 105 Å². The number of piperidine rings is 1. The summed E-state index contributed by atoms with van der Waals surface area (Å²) in [6.07, 6.45) is 4.44. The fraction of sp³-hybridized carbons (Fsp3) is 0.387. The summed E-state index contributed by atoms with van der Waals surface area (Å²) in [5.41, 5.74) is 8.31. The van der Waals surface area contributed by atoms with Crippen molar-refractivity contribution in [2.24, 2.45) is 0 Å². The molecule has 0 saturated carbocycles. The first-order valence-electron chi connectivity index (χ1n) is 12.7. The molecular formula is C31H37N3. The third-order valence-corrected chi connectivity index (χ3v) is 7.68. The van der Waals surface area contributed by atoms with E-state index in [1.54, 1.807) is 0 Å². The maximum atomic E-state index is 4.97. The summed E-state index contributed by atoms with van der Waals surface area (Å²) in [5, 5.41) is 1.33. The number of fused-ring (bicyclic) bond motifs is 1. The lowest BCUT2D eigenvalue weighted by molar-refractivity contribution is 0.507. The van der Waals surface area contributed by atoms with Crippen LogP contribution in [0.25, 0.3) is 10.9 Å². The molecule has 2 aromatic heterocycles. The molecule has 1 aliphatic rings. The average molecular weight is 452 g/mol. The van der Waals surface area contributed by atoms with Crippen LogP contribution in [0.5, 0.6) is 0 Å². The number of benzene rings is 2. The number of pyridine rings is 1. The van der Waals surface area contributed by atoms with E-state index in [1.807, 2.05) is 6.20 Å². The molecule has 0 aliphatic carbocycles. The molecule has 1 atom stereocenters. The highest BCUT2D eigenvalue weighted by Gasteiger charge is 2.26. The van der Waals surface area contributed by atoms with E-state index in [9.17, 15) is 0 Å². The Balaban J connectivity index is 1.52. The molecule has 0 spiro atoms. The van der Waals surface area contributed by atoms with Crippen molar-refractivity contribution in [3.63, 3.8) is 0 Å². The average Bonchev–Trinajstić information content (AvgIpc) is 3.09. The van der Waals surface area contributed by atoms with E-state index in [-0.39, 0.29) is 5.41 Å². The fourth-order valence-corrected chi connectivity index (χ4v) is 5.47. The summed E-state index contributed by atoms with van der Waals surface area (Å²) in [6.45, 7) is 14.3. The molecule has 0 bridgehead atoms. The van der Waals surface area contributed by atoms with Crippen molar-refractivity contribution in [3.8, 4) is 0 Å². The molecule has 0 amide bonds. The molecule has 34 heavy (non-hydrogen) atoms. The van der Waals surface area contributed by atoms with Crippen molar-refractivity contribution >= 4 is 16.7 Å². The minimum absolute atomic E-state index is 0.172. The van der Waals surface area contributed by atoms with Gasteiger partial charge in [-0.1, -0.05) is 75.4 Å². The number of nitrogens with zero attached hydrogens (tertiary/aromatic N) is 3. The Hall–Kier alpha value is -3.07. The van der Waals surface area contributed by atoms with Gasteiger partial charge in [-0.05, 0) is 60.4 Å². The van der Waals surface area contributed by atoms with Gasteiger partial charge in [0.05, 0.1) is 5.52 Å². The Labute approximate surface area is 204 Å². The zero-order valence-corrected chi connectivity index (χ0v) is 21.3. The summed E-state index contributed by atoms with van der Waals surface area (Å²) >= 11 is 0. The van der Waals surface area contributed by atoms with Gasteiger partial charge in [-0.15, -0.1) is 0 Å². The van der Waals surface area contributed by atoms with Gasteiger partial charge in [0.1, 0.15) is 0 Å². The van der Waals surface area contributed by atoms with Crippen molar-refractivity contribution in [3.05, 3.63) is 94.8 Å². The van der Waals surface area contributed by atoms with Gasteiger partial charge in [0.2, 0.25) is 0 Å². The predicted molar refractivity (Wildman–Crippen MR) is 144 cm³/mol. The second kappa shape index (κ2) is 8.94. The van der Waals surface area contributed by atoms with E-state index in [1.165, 1.54) is 51.7 Å². The van der Waals surface area contributed by atoms with Crippen molar-refractivity contribution in [2.75, 3.05) is 18.0 Å². The molecule has 3 nitrogen and oxygen atoms in total. The van der Waals surface area contributed by atoms with Gasteiger partial charge in [-0.25, -0.2) is 4.98 Å². The SMILES string of the molecule is Cc1c(C)n(Cc2ccc(C(C)(C)C)cc2)c2c(N3CCCC(c4ccccc4)C3)nccc12. The molecule has 2 aromatic carbocycles. The third-order valence-electron chi connectivity index (χ3n) is 7.68. The lowest BCUT2D eigenvalue weighted by Crippen LogP contribution is -2.35. The first-order chi connectivity index (χ1) is 16.3. The maximum Gasteiger partial charge on any atom is 0.153 e. The van der Waals surface area contributed by atoms with Gasteiger partial charge < -0.3 is 9.47 Å². The van der Waals surface area contributed by atoms with Crippen LogP contribution in [0.15, 0.2) is 66.9 Å². The van der Waals surface area contributed by atoms with Crippen LogP contribution in [0.2, 0.25) is 0 Å². The molecule has 4 aromatic rings. The first kappa shape index (κ1) is 22.7. The van der Waals surface area contributed by atoms with Crippen LogP contribution in [-0.2, 0) is 12.0 Å². The quantitative estimate of drug-likeness (QED) is 0.323. The highest BCUT2D eigenvalue weighted by Crippen LogP contribution is 2.36. The van der Waals surface area contributed by atoms with Crippen LogP contribution in [-0.4, -0.2) is 22.6 Å². The smallest absolute Gasteiger partial charge is 0.153 e. The van der Waals surface area contributed by atoms with Gasteiger partial charge in [-0.2, -0.15) is 0 Å². The Morgan fingerprint density at radius 1 is 0.941 bits per heavy atom. The minimum Gasteiger partial charge on any atom is -0.354 e. The summed E-state index contributed by atoms with van der Waals surface area (Å²) in [5.74, 6) is 1.70. The first-order valence-corrected chi connectivity index (χ1v) is 12.7. The summed E-state index contributed by atoms with van der Waals surface area (Å²) in [6, 6.07) is 22.4. The lowest BCUT2D eigenvalue weighted by Gasteiger charge is -2.34. The molecular weight excluding hydrogens is 414 g/mol. The Bertz CT molecular complexity index is 1280. The van der Waals surface area contributed by atoms with E-state index >= 15 is 0 Å². The highest BCUT2D eigenvalue weighted by atomic mass is 15.2. The van der Waals surface area contributed by atoms with E-state index in [0.29, 0.717) is 5.92 Å². The second-order valence-corrected chi connectivity index (χ2v) is 11.0. The topological polar surface area (TPSA) is 21.1 Å². The Morgan fingerprint density at radius 3 is 2.38 bits per heavy atom. The van der Waals surface area contributed by atoms with Crippen LogP contribution >= 0.6 is 0 Å². The number of aromatic nitrogens is 2. The predicted octanol–water partition coefficient (Wildman–Crippen LogP) is 7.38. The second-order valence-electron chi connectivity index (χ2n) is 11.0. The van der Waals surface area contributed by atoms with Crippen molar-refractivity contribution in [1.82, 2.24) is 9.55 Å². The summed E-state index contributed by atoms with van der Waals surface area (Å²) < 4.78 is 2.49. The zero-order valence-electron chi connectivity index (χ0n) is 21.3. The molecule has 5 rings (SSSR count). The molecule has 0 radical (unpaired) electrons. The zero-order chi connectivity index (χ0) is 23.9. The third kappa shape index (κ3) is 4.24. The maximum absolute atomic E-state index is 4.97. The number of hydrogen-bond acceptors (Lipinski definition) is 2. The van der Waals surface area contributed by atoms with Gasteiger partial charge in [-0.3, -0.25) is 0 Å².